The zero-order valence-corrected chi connectivity index (χ0v) is 13.4. The van der Waals surface area contributed by atoms with E-state index in [4.69, 9.17) is 4.74 Å². The van der Waals surface area contributed by atoms with Crippen molar-refractivity contribution in [1.82, 2.24) is 10.2 Å². The third-order valence-electron chi connectivity index (χ3n) is 3.78. The first-order valence-electron chi connectivity index (χ1n) is 7.39. The topological polar surface area (TPSA) is 58.6 Å². The molecule has 0 aliphatic carbocycles. The lowest BCUT2D eigenvalue weighted by Gasteiger charge is -2.42. The molecule has 0 spiro atoms. The van der Waals surface area contributed by atoms with Crippen molar-refractivity contribution < 1.29 is 14.3 Å². The van der Waals surface area contributed by atoms with Gasteiger partial charge in [0, 0.05) is 20.3 Å². The van der Waals surface area contributed by atoms with Crippen LogP contribution < -0.4 is 5.32 Å². The van der Waals surface area contributed by atoms with Crippen molar-refractivity contribution in [2.45, 2.75) is 59.0 Å². The van der Waals surface area contributed by atoms with Crippen LogP contribution in [0.5, 0.6) is 0 Å². The molecule has 0 saturated carbocycles. The summed E-state index contributed by atoms with van der Waals surface area (Å²) in [7, 11) is 1.69. The number of carbonyl (C=O) groups excluding carboxylic acids is 2. The number of amides is 2. The Morgan fingerprint density at radius 3 is 2.40 bits per heavy atom. The summed E-state index contributed by atoms with van der Waals surface area (Å²) in [5.41, 5.74) is -0.263. The van der Waals surface area contributed by atoms with Gasteiger partial charge < -0.3 is 15.0 Å². The second-order valence-corrected chi connectivity index (χ2v) is 6.57. The predicted molar refractivity (Wildman–Crippen MR) is 78.3 cm³/mol. The number of piperazine rings is 1. The van der Waals surface area contributed by atoms with Crippen molar-refractivity contribution in [1.29, 1.82) is 0 Å². The van der Waals surface area contributed by atoms with E-state index in [-0.39, 0.29) is 23.3 Å². The van der Waals surface area contributed by atoms with Crippen LogP contribution in [-0.2, 0) is 14.3 Å². The minimum absolute atomic E-state index is 0.0383. The van der Waals surface area contributed by atoms with E-state index in [0.717, 1.165) is 25.9 Å². The quantitative estimate of drug-likeness (QED) is 0.753. The van der Waals surface area contributed by atoms with Gasteiger partial charge in [-0.1, -0.05) is 20.8 Å². The van der Waals surface area contributed by atoms with Crippen LogP contribution >= 0.6 is 0 Å². The van der Waals surface area contributed by atoms with E-state index in [1.807, 2.05) is 20.8 Å². The second-order valence-electron chi connectivity index (χ2n) is 6.57. The summed E-state index contributed by atoms with van der Waals surface area (Å²) in [6.45, 7) is 9.10. The molecule has 2 amide bonds. The molecule has 5 nitrogen and oxygen atoms in total. The fraction of sp³-hybridized carbons (Fsp3) is 0.867. The van der Waals surface area contributed by atoms with Crippen molar-refractivity contribution in [3.63, 3.8) is 0 Å². The van der Waals surface area contributed by atoms with Gasteiger partial charge in [-0.25, -0.2) is 0 Å². The lowest BCUT2D eigenvalue weighted by Crippen LogP contribution is -2.65. The molecular weight excluding hydrogens is 256 g/mol. The Bertz CT molecular complexity index is 350. The molecule has 0 aromatic carbocycles. The van der Waals surface area contributed by atoms with E-state index in [1.165, 1.54) is 0 Å². The maximum atomic E-state index is 12.5. The number of methoxy groups -OCH3 is 1. The molecule has 1 aliphatic rings. The third kappa shape index (κ3) is 4.20. The first-order valence-corrected chi connectivity index (χ1v) is 7.39. The van der Waals surface area contributed by atoms with Crippen LogP contribution in [0.4, 0.5) is 0 Å². The van der Waals surface area contributed by atoms with Gasteiger partial charge in [0.2, 0.25) is 11.8 Å². The zero-order chi connectivity index (χ0) is 15.3. The Morgan fingerprint density at radius 1 is 1.20 bits per heavy atom. The van der Waals surface area contributed by atoms with Crippen molar-refractivity contribution in [2.24, 2.45) is 5.41 Å². The first kappa shape index (κ1) is 17.0. The lowest BCUT2D eigenvalue weighted by atomic mass is 9.84. The molecule has 1 heterocycles. The van der Waals surface area contributed by atoms with E-state index in [0.29, 0.717) is 6.54 Å². The maximum absolute atomic E-state index is 12.5. The van der Waals surface area contributed by atoms with Crippen molar-refractivity contribution in [3.8, 4) is 0 Å². The molecule has 2 atom stereocenters. The standard InChI is InChI=1S/C15H28N2O3/c1-11-13(18)16-12(15(2,3)4)14(19)17(11)9-7-6-8-10-20-5/h11-12H,6-10H2,1-5H3,(H,16,18). The molecule has 5 heteroatoms. The Hall–Kier alpha value is -1.10. The van der Waals surface area contributed by atoms with Crippen LogP contribution in [0.25, 0.3) is 0 Å². The van der Waals surface area contributed by atoms with Gasteiger partial charge in [-0.05, 0) is 31.6 Å². The molecule has 2 unspecified atom stereocenters. The van der Waals surface area contributed by atoms with Crippen LogP contribution in [-0.4, -0.2) is 49.1 Å². The van der Waals surface area contributed by atoms with Crippen LogP contribution in [0.3, 0.4) is 0 Å². The predicted octanol–water partition coefficient (Wildman–Crippen LogP) is 1.56. The van der Waals surface area contributed by atoms with Gasteiger partial charge in [-0.3, -0.25) is 9.59 Å². The Kier molecular flexibility index (Phi) is 5.99. The molecule has 1 aliphatic heterocycles. The largest absolute Gasteiger partial charge is 0.385 e. The molecule has 1 rings (SSSR count). The molecule has 1 saturated heterocycles. The highest BCUT2D eigenvalue weighted by molar-refractivity contribution is 5.97. The van der Waals surface area contributed by atoms with E-state index in [2.05, 4.69) is 5.32 Å². The van der Waals surface area contributed by atoms with Gasteiger partial charge in [0.05, 0.1) is 0 Å². The van der Waals surface area contributed by atoms with E-state index in [1.54, 1.807) is 18.9 Å². The molecule has 0 radical (unpaired) electrons. The molecule has 116 valence electrons. The Balaban J connectivity index is 2.62. The molecule has 0 aromatic heterocycles. The summed E-state index contributed by atoms with van der Waals surface area (Å²) >= 11 is 0. The number of hydrogen-bond donors (Lipinski definition) is 1. The minimum atomic E-state index is -0.426. The highest BCUT2D eigenvalue weighted by Crippen LogP contribution is 2.25. The van der Waals surface area contributed by atoms with Gasteiger partial charge >= 0.3 is 0 Å². The second kappa shape index (κ2) is 7.07. The summed E-state index contributed by atoms with van der Waals surface area (Å²) in [6, 6.07) is -0.797. The van der Waals surface area contributed by atoms with Crippen LogP contribution in [0, 0.1) is 5.41 Å². The molecule has 20 heavy (non-hydrogen) atoms. The van der Waals surface area contributed by atoms with Gasteiger partial charge in [-0.15, -0.1) is 0 Å². The smallest absolute Gasteiger partial charge is 0.246 e. The summed E-state index contributed by atoms with van der Waals surface area (Å²) in [6.07, 6.45) is 2.90. The van der Waals surface area contributed by atoms with Crippen LogP contribution in [0.15, 0.2) is 0 Å². The fourth-order valence-corrected chi connectivity index (χ4v) is 2.42. The molecule has 0 aromatic rings. The molecular formula is C15H28N2O3. The first-order chi connectivity index (χ1) is 9.29. The monoisotopic (exact) mass is 284 g/mol. The summed E-state index contributed by atoms with van der Waals surface area (Å²) in [4.78, 5) is 26.3. The Labute approximate surface area is 122 Å². The van der Waals surface area contributed by atoms with Crippen molar-refractivity contribution in [2.75, 3.05) is 20.3 Å². The van der Waals surface area contributed by atoms with E-state index in [9.17, 15) is 9.59 Å². The van der Waals surface area contributed by atoms with Crippen molar-refractivity contribution >= 4 is 11.8 Å². The lowest BCUT2D eigenvalue weighted by molar-refractivity contribution is -0.151. The number of hydrogen-bond acceptors (Lipinski definition) is 3. The van der Waals surface area contributed by atoms with Gasteiger partial charge in [0.25, 0.3) is 0 Å². The van der Waals surface area contributed by atoms with Crippen molar-refractivity contribution in [3.05, 3.63) is 0 Å². The van der Waals surface area contributed by atoms with Gasteiger partial charge in [-0.2, -0.15) is 0 Å². The molecule has 1 fully saturated rings. The summed E-state index contributed by atoms with van der Waals surface area (Å²) < 4.78 is 5.01. The Morgan fingerprint density at radius 2 is 1.85 bits per heavy atom. The third-order valence-corrected chi connectivity index (χ3v) is 3.78. The average molecular weight is 284 g/mol. The number of nitrogens with one attached hydrogen (secondary N) is 1. The molecule has 0 bridgehead atoms. The van der Waals surface area contributed by atoms with E-state index >= 15 is 0 Å². The van der Waals surface area contributed by atoms with E-state index < -0.39 is 6.04 Å². The number of nitrogens with zero attached hydrogens (tertiary/aromatic N) is 1. The van der Waals surface area contributed by atoms with Crippen LogP contribution in [0.1, 0.15) is 47.0 Å². The highest BCUT2D eigenvalue weighted by Gasteiger charge is 2.43. The average Bonchev–Trinajstić information content (AvgIpc) is 2.35. The summed E-state index contributed by atoms with van der Waals surface area (Å²) in [5, 5.41) is 2.85. The highest BCUT2D eigenvalue weighted by atomic mass is 16.5. The number of carbonyl (C=O) groups is 2. The summed E-state index contributed by atoms with van der Waals surface area (Å²) in [5.74, 6) is -0.0160. The maximum Gasteiger partial charge on any atom is 0.246 e. The number of ether oxygens (including phenoxy) is 1. The number of rotatable bonds is 6. The normalized spacial score (nSPS) is 23.9. The van der Waals surface area contributed by atoms with Crippen LogP contribution in [0.2, 0.25) is 0 Å². The van der Waals surface area contributed by atoms with Gasteiger partial charge in [0.1, 0.15) is 12.1 Å². The molecule has 1 N–H and O–H groups in total. The minimum Gasteiger partial charge on any atom is -0.385 e. The zero-order valence-electron chi connectivity index (χ0n) is 13.4. The van der Waals surface area contributed by atoms with Gasteiger partial charge in [0.15, 0.2) is 0 Å². The number of unbranched alkanes of at least 4 members (excludes halogenated alkanes) is 2. The SMILES string of the molecule is COCCCCCN1C(=O)C(C(C)(C)C)NC(=O)C1C. The fourth-order valence-electron chi connectivity index (χ4n) is 2.42.